The van der Waals surface area contributed by atoms with E-state index in [1.54, 1.807) is 0 Å². The summed E-state index contributed by atoms with van der Waals surface area (Å²) >= 11 is 0. The highest BCUT2D eigenvalue weighted by Gasteiger charge is 2.23. The molecule has 3 rings (SSSR count). The molecule has 0 unspecified atom stereocenters. The van der Waals surface area contributed by atoms with Crippen LogP contribution in [0.1, 0.15) is 72.3 Å². The van der Waals surface area contributed by atoms with E-state index in [1.165, 1.54) is 24.0 Å². The smallest absolute Gasteiger partial charge is 0.179 e. The van der Waals surface area contributed by atoms with E-state index in [2.05, 4.69) is 24.3 Å². The third kappa shape index (κ3) is 5.30. The van der Waals surface area contributed by atoms with Gasteiger partial charge in [-0.2, -0.15) is 0 Å². The van der Waals surface area contributed by atoms with Crippen LogP contribution >= 0.6 is 0 Å². The predicted octanol–water partition coefficient (Wildman–Crippen LogP) is 3.75. The van der Waals surface area contributed by atoms with E-state index < -0.39 is 5.54 Å². The lowest BCUT2D eigenvalue weighted by molar-refractivity contribution is 0.0972. The van der Waals surface area contributed by atoms with Gasteiger partial charge in [0.2, 0.25) is 0 Å². The molecule has 1 atom stereocenters. The van der Waals surface area contributed by atoms with E-state index in [1.807, 2.05) is 30.7 Å². The Morgan fingerprint density at radius 1 is 1.19 bits per heavy atom. The fourth-order valence-electron chi connectivity index (χ4n) is 3.53. The standard InChI is InChI=1S/C23H32N2O2/c1-23(24,16-26)15-14-20-12-13-21(25(20)2)22(27)5-3-4-17-6-8-18(9-7-17)19-10-11-19/h6-9,12-13,19,26H,3-5,10-11,14-16,24H2,1-2H3/t23-/m1/s1. The molecule has 1 fully saturated rings. The Morgan fingerprint density at radius 2 is 1.89 bits per heavy atom. The number of carbonyl (C=O) groups excluding carboxylic acids is 1. The first-order valence-corrected chi connectivity index (χ1v) is 10.1. The summed E-state index contributed by atoms with van der Waals surface area (Å²) in [7, 11) is 1.94. The monoisotopic (exact) mass is 368 g/mol. The first-order chi connectivity index (χ1) is 12.9. The van der Waals surface area contributed by atoms with Gasteiger partial charge in [0.1, 0.15) is 0 Å². The molecule has 4 nitrogen and oxygen atoms in total. The number of aliphatic hydroxyl groups is 1. The van der Waals surface area contributed by atoms with Gasteiger partial charge < -0.3 is 15.4 Å². The Bertz CT molecular complexity index is 770. The van der Waals surface area contributed by atoms with Crippen LogP contribution in [-0.2, 0) is 19.9 Å². The van der Waals surface area contributed by atoms with Gasteiger partial charge >= 0.3 is 0 Å². The second kappa shape index (κ2) is 8.41. The highest BCUT2D eigenvalue weighted by molar-refractivity contribution is 5.94. The maximum atomic E-state index is 12.6. The van der Waals surface area contributed by atoms with Crippen LogP contribution in [0.2, 0.25) is 0 Å². The minimum absolute atomic E-state index is 0.0369. The molecule has 3 N–H and O–H groups in total. The topological polar surface area (TPSA) is 68.2 Å². The molecule has 146 valence electrons. The van der Waals surface area contributed by atoms with Crippen molar-refractivity contribution in [3.8, 4) is 0 Å². The van der Waals surface area contributed by atoms with Crippen molar-refractivity contribution in [1.29, 1.82) is 0 Å². The molecular weight excluding hydrogens is 336 g/mol. The number of hydrogen-bond acceptors (Lipinski definition) is 3. The van der Waals surface area contributed by atoms with Gasteiger partial charge in [-0.1, -0.05) is 24.3 Å². The van der Waals surface area contributed by atoms with Crippen molar-refractivity contribution < 1.29 is 9.90 Å². The van der Waals surface area contributed by atoms with Crippen LogP contribution in [0.25, 0.3) is 0 Å². The van der Waals surface area contributed by atoms with Crippen LogP contribution in [0.4, 0.5) is 0 Å². The molecule has 1 aliphatic carbocycles. The van der Waals surface area contributed by atoms with Crippen LogP contribution in [-0.4, -0.2) is 27.6 Å². The molecule has 4 heteroatoms. The zero-order valence-corrected chi connectivity index (χ0v) is 16.6. The molecule has 1 heterocycles. The van der Waals surface area contributed by atoms with Crippen LogP contribution < -0.4 is 5.73 Å². The SMILES string of the molecule is Cn1c(CC[C@@](C)(N)CO)ccc1C(=O)CCCc1ccc(C2CC2)cc1. The van der Waals surface area contributed by atoms with Crippen molar-refractivity contribution in [2.75, 3.05) is 6.61 Å². The number of ketones is 1. The minimum Gasteiger partial charge on any atom is -0.394 e. The summed E-state index contributed by atoms with van der Waals surface area (Å²) in [5.74, 6) is 0.984. The summed E-state index contributed by atoms with van der Waals surface area (Å²) in [5, 5.41) is 9.29. The summed E-state index contributed by atoms with van der Waals surface area (Å²) < 4.78 is 1.97. The molecule has 2 aromatic rings. The summed E-state index contributed by atoms with van der Waals surface area (Å²) in [6.07, 6.45) is 6.47. The molecule has 1 saturated carbocycles. The van der Waals surface area contributed by atoms with Gasteiger partial charge in [0.25, 0.3) is 0 Å². The Morgan fingerprint density at radius 3 is 2.52 bits per heavy atom. The fourth-order valence-corrected chi connectivity index (χ4v) is 3.53. The van der Waals surface area contributed by atoms with Gasteiger partial charge in [0, 0.05) is 24.7 Å². The first-order valence-electron chi connectivity index (χ1n) is 10.1. The number of aliphatic hydroxyl groups excluding tert-OH is 1. The van der Waals surface area contributed by atoms with Crippen molar-refractivity contribution in [2.45, 2.75) is 63.3 Å². The van der Waals surface area contributed by atoms with Gasteiger partial charge in [-0.25, -0.2) is 0 Å². The normalized spacial score (nSPS) is 16.3. The zero-order valence-electron chi connectivity index (χ0n) is 16.6. The third-order valence-corrected chi connectivity index (χ3v) is 5.72. The van der Waals surface area contributed by atoms with Crippen LogP contribution in [0.15, 0.2) is 36.4 Å². The summed E-state index contributed by atoms with van der Waals surface area (Å²) in [5.41, 5.74) is 10.0. The van der Waals surface area contributed by atoms with Gasteiger partial charge in [-0.3, -0.25) is 4.79 Å². The van der Waals surface area contributed by atoms with E-state index in [9.17, 15) is 9.90 Å². The van der Waals surface area contributed by atoms with Crippen LogP contribution in [0.5, 0.6) is 0 Å². The lowest BCUT2D eigenvalue weighted by Crippen LogP contribution is -2.40. The number of nitrogens with zero attached hydrogens (tertiary/aromatic N) is 1. The van der Waals surface area contributed by atoms with E-state index in [-0.39, 0.29) is 12.4 Å². The zero-order chi connectivity index (χ0) is 19.4. The molecule has 0 radical (unpaired) electrons. The van der Waals surface area contributed by atoms with E-state index >= 15 is 0 Å². The van der Waals surface area contributed by atoms with Crippen molar-refractivity contribution in [2.24, 2.45) is 12.8 Å². The average molecular weight is 369 g/mol. The first kappa shape index (κ1) is 19.8. The van der Waals surface area contributed by atoms with Gasteiger partial charge in [0.15, 0.2) is 5.78 Å². The van der Waals surface area contributed by atoms with Gasteiger partial charge in [0.05, 0.1) is 12.3 Å². The second-order valence-electron chi connectivity index (χ2n) is 8.37. The number of Topliss-reactive ketones (excluding diaryl/α,β-unsaturated/α-hetero) is 1. The molecule has 0 amide bonds. The molecule has 1 aromatic heterocycles. The molecule has 1 aromatic carbocycles. The fraction of sp³-hybridized carbons (Fsp3) is 0.522. The quantitative estimate of drug-likeness (QED) is 0.628. The second-order valence-corrected chi connectivity index (χ2v) is 8.37. The van der Waals surface area contributed by atoms with Crippen LogP contribution in [0, 0.1) is 0 Å². The lowest BCUT2D eigenvalue weighted by atomic mass is 9.97. The van der Waals surface area contributed by atoms with E-state index in [0.29, 0.717) is 12.8 Å². The maximum Gasteiger partial charge on any atom is 0.179 e. The summed E-state index contributed by atoms with van der Waals surface area (Å²) in [4.78, 5) is 12.6. The summed E-state index contributed by atoms with van der Waals surface area (Å²) in [6.45, 7) is 1.81. The molecule has 27 heavy (non-hydrogen) atoms. The summed E-state index contributed by atoms with van der Waals surface area (Å²) in [6, 6.07) is 12.8. The predicted molar refractivity (Wildman–Crippen MR) is 109 cm³/mol. The highest BCUT2D eigenvalue weighted by atomic mass is 16.3. The van der Waals surface area contributed by atoms with Gasteiger partial charge in [-0.15, -0.1) is 0 Å². The number of hydrogen-bond donors (Lipinski definition) is 2. The molecule has 0 spiro atoms. The Kier molecular flexibility index (Phi) is 6.18. The Hall–Kier alpha value is -1.91. The van der Waals surface area contributed by atoms with E-state index in [4.69, 9.17) is 5.73 Å². The molecule has 0 aliphatic heterocycles. The average Bonchev–Trinajstić information content (AvgIpc) is 3.44. The van der Waals surface area contributed by atoms with Crippen molar-refractivity contribution in [1.82, 2.24) is 4.57 Å². The van der Waals surface area contributed by atoms with Crippen molar-refractivity contribution >= 4 is 5.78 Å². The number of aromatic nitrogens is 1. The number of aryl methyl sites for hydroxylation is 2. The number of rotatable bonds is 10. The highest BCUT2D eigenvalue weighted by Crippen LogP contribution is 2.39. The minimum atomic E-state index is -0.580. The maximum absolute atomic E-state index is 12.6. The third-order valence-electron chi connectivity index (χ3n) is 5.72. The largest absolute Gasteiger partial charge is 0.394 e. The van der Waals surface area contributed by atoms with Crippen molar-refractivity contribution in [3.63, 3.8) is 0 Å². The lowest BCUT2D eigenvalue weighted by Gasteiger charge is -2.21. The molecular formula is C23H32N2O2. The van der Waals surface area contributed by atoms with E-state index in [0.717, 1.165) is 36.6 Å². The van der Waals surface area contributed by atoms with Crippen molar-refractivity contribution in [3.05, 3.63) is 58.9 Å². The molecule has 0 bridgehead atoms. The number of nitrogens with two attached hydrogens (primary N) is 1. The number of carbonyl (C=O) groups is 1. The molecule has 1 aliphatic rings. The Labute approximate surface area is 162 Å². The van der Waals surface area contributed by atoms with Crippen LogP contribution in [0.3, 0.4) is 0 Å². The Balaban J connectivity index is 1.49. The van der Waals surface area contributed by atoms with Gasteiger partial charge in [-0.05, 0) is 74.6 Å². The number of benzene rings is 1. The molecule has 0 saturated heterocycles.